The van der Waals surface area contributed by atoms with Crippen molar-refractivity contribution in [1.82, 2.24) is 9.97 Å². The van der Waals surface area contributed by atoms with E-state index in [9.17, 15) is 13.2 Å². The molecule has 4 aromatic rings. The van der Waals surface area contributed by atoms with Gasteiger partial charge in [-0.15, -0.1) is 0 Å². The molecular weight excluding hydrogens is 540 g/mol. The van der Waals surface area contributed by atoms with Gasteiger partial charge < -0.3 is 29.8 Å². The van der Waals surface area contributed by atoms with Crippen LogP contribution in [0.4, 0.5) is 5.82 Å². The minimum Gasteiger partial charge on any atom is -0.497 e. The zero-order chi connectivity index (χ0) is 29.0. The topological polar surface area (TPSA) is 172 Å². The molecule has 13 heteroatoms. The lowest BCUT2D eigenvalue weighted by molar-refractivity contribution is 0.1000. The molecule has 40 heavy (non-hydrogen) atoms. The van der Waals surface area contributed by atoms with Gasteiger partial charge in [0, 0.05) is 11.6 Å². The summed E-state index contributed by atoms with van der Waals surface area (Å²) in [7, 11) is -1.01. The lowest BCUT2D eigenvalue weighted by Crippen LogP contribution is -2.15. The molecule has 3 aromatic carbocycles. The number of benzene rings is 3. The van der Waals surface area contributed by atoms with Gasteiger partial charge in [-0.3, -0.25) is 9.52 Å². The van der Waals surface area contributed by atoms with Crippen LogP contribution in [0.25, 0.3) is 0 Å². The average molecular weight is 569 g/mol. The van der Waals surface area contributed by atoms with E-state index in [-0.39, 0.29) is 41.5 Å². The van der Waals surface area contributed by atoms with Gasteiger partial charge in [-0.1, -0.05) is 24.3 Å². The molecule has 0 saturated heterocycles. The quantitative estimate of drug-likeness (QED) is 0.244. The van der Waals surface area contributed by atoms with Gasteiger partial charge in [0.2, 0.25) is 11.7 Å². The van der Waals surface area contributed by atoms with Crippen LogP contribution in [0.2, 0.25) is 0 Å². The van der Waals surface area contributed by atoms with Crippen molar-refractivity contribution in [1.29, 1.82) is 0 Å². The van der Waals surface area contributed by atoms with Crippen LogP contribution in [-0.4, -0.2) is 56.8 Å². The summed E-state index contributed by atoms with van der Waals surface area (Å²) in [6.07, 6.45) is 1.12. The minimum atomic E-state index is -4.01. The van der Waals surface area contributed by atoms with E-state index in [0.717, 1.165) is 6.33 Å². The summed E-state index contributed by atoms with van der Waals surface area (Å²) in [5.74, 6) is 0.765. The van der Waals surface area contributed by atoms with E-state index >= 15 is 0 Å². The van der Waals surface area contributed by atoms with Crippen molar-refractivity contribution in [2.24, 2.45) is 5.73 Å². The Balaban J connectivity index is 0.000000415. The predicted molar refractivity (Wildman–Crippen MR) is 146 cm³/mol. The van der Waals surface area contributed by atoms with E-state index in [1.165, 1.54) is 38.5 Å². The van der Waals surface area contributed by atoms with E-state index in [1.807, 2.05) is 6.07 Å². The second-order valence-corrected chi connectivity index (χ2v) is 9.40. The second kappa shape index (κ2) is 14.3. The Kier molecular flexibility index (Phi) is 10.6. The van der Waals surface area contributed by atoms with Crippen LogP contribution in [-0.2, 0) is 10.0 Å². The Morgan fingerprint density at radius 3 is 2.17 bits per heavy atom. The summed E-state index contributed by atoms with van der Waals surface area (Å²) >= 11 is 0. The first-order valence-electron chi connectivity index (χ1n) is 11.7. The zero-order valence-electron chi connectivity index (χ0n) is 21.7. The number of methoxy groups -OCH3 is 2. The molecule has 12 nitrogen and oxygen atoms in total. The van der Waals surface area contributed by atoms with Crippen LogP contribution in [0.3, 0.4) is 0 Å². The third-order valence-electron chi connectivity index (χ3n) is 5.02. The maximum Gasteiger partial charge on any atom is 0.263 e. The van der Waals surface area contributed by atoms with E-state index in [2.05, 4.69) is 14.7 Å². The fourth-order valence-corrected chi connectivity index (χ4v) is 4.11. The molecule has 0 atom stereocenters. The average Bonchev–Trinajstić information content (AvgIpc) is 2.98. The second-order valence-electron chi connectivity index (χ2n) is 7.72. The van der Waals surface area contributed by atoms with Crippen LogP contribution in [0, 0.1) is 0 Å². The number of anilines is 1. The molecule has 0 radical (unpaired) electrons. The van der Waals surface area contributed by atoms with Crippen molar-refractivity contribution in [3.05, 3.63) is 90.8 Å². The Hall–Kier alpha value is -4.88. The molecular formula is C27H28N4O8S. The number of ether oxygens (including phenoxy) is 4. The number of hydrogen-bond donors (Lipinski definition) is 3. The van der Waals surface area contributed by atoms with Gasteiger partial charge >= 0.3 is 0 Å². The van der Waals surface area contributed by atoms with Crippen molar-refractivity contribution < 1.29 is 37.3 Å². The lowest BCUT2D eigenvalue weighted by Gasteiger charge is -2.15. The molecule has 4 N–H and O–H groups in total. The van der Waals surface area contributed by atoms with E-state index in [4.69, 9.17) is 29.8 Å². The number of nitrogens with one attached hydrogen (secondary N) is 1. The van der Waals surface area contributed by atoms with Crippen LogP contribution in [0.1, 0.15) is 10.4 Å². The van der Waals surface area contributed by atoms with E-state index < -0.39 is 10.0 Å². The number of primary amides is 1. The Morgan fingerprint density at radius 2 is 1.57 bits per heavy atom. The summed E-state index contributed by atoms with van der Waals surface area (Å²) in [5, 5.41) is 9.08. The molecule has 0 unspecified atom stereocenters. The van der Waals surface area contributed by atoms with Crippen LogP contribution >= 0.6 is 0 Å². The van der Waals surface area contributed by atoms with Crippen molar-refractivity contribution >= 4 is 21.7 Å². The zero-order valence-corrected chi connectivity index (χ0v) is 22.5. The Labute approximate surface area is 231 Å². The first-order chi connectivity index (χ1) is 19.3. The highest BCUT2D eigenvalue weighted by molar-refractivity contribution is 7.92. The van der Waals surface area contributed by atoms with Gasteiger partial charge in [0.05, 0.1) is 25.7 Å². The van der Waals surface area contributed by atoms with E-state index in [1.54, 1.807) is 48.5 Å². The fourth-order valence-electron chi connectivity index (χ4n) is 3.09. The lowest BCUT2D eigenvalue weighted by atomic mass is 10.2. The Bertz CT molecular complexity index is 1500. The Morgan fingerprint density at radius 1 is 0.900 bits per heavy atom. The molecule has 0 aliphatic heterocycles. The van der Waals surface area contributed by atoms with Crippen LogP contribution < -0.4 is 29.4 Å². The largest absolute Gasteiger partial charge is 0.497 e. The number of aliphatic hydroxyl groups is 1. The maximum atomic E-state index is 12.9. The molecule has 0 fully saturated rings. The van der Waals surface area contributed by atoms with Crippen molar-refractivity contribution in [2.45, 2.75) is 4.90 Å². The number of rotatable bonds is 11. The number of carbonyl (C=O) groups is 1. The van der Waals surface area contributed by atoms with Gasteiger partial charge in [-0.05, 0) is 48.5 Å². The van der Waals surface area contributed by atoms with Crippen molar-refractivity contribution in [3.63, 3.8) is 0 Å². The molecule has 0 aliphatic carbocycles. The van der Waals surface area contributed by atoms with Gasteiger partial charge in [-0.2, -0.15) is 4.98 Å². The van der Waals surface area contributed by atoms with Crippen LogP contribution in [0.5, 0.6) is 28.9 Å². The number of carbonyl (C=O) groups excluding carboxylic acids is 1. The normalized spacial score (nSPS) is 10.5. The maximum absolute atomic E-state index is 12.9. The summed E-state index contributed by atoms with van der Waals surface area (Å²) in [4.78, 5) is 18.4. The fraction of sp³-hybridized carbons (Fsp3) is 0.148. The van der Waals surface area contributed by atoms with Crippen molar-refractivity contribution in [3.8, 4) is 28.9 Å². The smallest absolute Gasteiger partial charge is 0.263 e. The SMILES string of the molecule is COc1ccc(S(=O)(=O)Nc2ncnc(OCCO)c2Oc2cccc(OC)c2)cc1.NC(=O)c1ccccc1. The monoisotopic (exact) mass is 568 g/mol. The third kappa shape index (κ3) is 8.31. The van der Waals surface area contributed by atoms with Crippen molar-refractivity contribution in [2.75, 3.05) is 32.2 Å². The minimum absolute atomic E-state index is 0.00271. The molecule has 1 heterocycles. The third-order valence-corrected chi connectivity index (χ3v) is 6.38. The van der Waals surface area contributed by atoms with Gasteiger partial charge in [0.15, 0.2) is 5.82 Å². The van der Waals surface area contributed by atoms with Gasteiger partial charge in [-0.25, -0.2) is 13.4 Å². The molecule has 4 rings (SSSR count). The number of nitrogens with two attached hydrogens (primary N) is 1. The number of nitrogens with zero attached hydrogens (tertiary/aromatic N) is 2. The summed E-state index contributed by atoms with van der Waals surface area (Å²) < 4.78 is 49.6. The molecule has 1 amide bonds. The number of aromatic nitrogens is 2. The first-order valence-corrected chi connectivity index (χ1v) is 13.2. The van der Waals surface area contributed by atoms with Crippen LogP contribution in [0.15, 0.2) is 90.1 Å². The number of sulfonamides is 1. The molecule has 0 aliphatic rings. The molecule has 0 spiro atoms. The summed E-state index contributed by atoms with van der Waals surface area (Å²) in [5.41, 5.74) is 5.53. The predicted octanol–water partition coefficient (Wildman–Crippen LogP) is 3.24. The number of aliphatic hydroxyl groups excluding tert-OH is 1. The summed E-state index contributed by atoms with van der Waals surface area (Å²) in [6.45, 7) is -0.342. The highest BCUT2D eigenvalue weighted by atomic mass is 32.2. The summed E-state index contributed by atoms with van der Waals surface area (Å²) in [6, 6.07) is 21.3. The molecule has 0 bridgehead atoms. The number of hydrogen-bond acceptors (Lipinski definition) is 10. The molecule has 210 valence electrons. The number of amides is 1. The van der Waals surface area contributed by atoms with E-state index in [0.29, 0.717) is 22.8 Å². The molecule has 1 aromatic heterocycles. The standard InChI is InChI=1S/C20H21N3O7S.C7H7NO/c1-27-14-6-8-17(9-7-14)31(25,26)23-19-18(20(22-13-21-19)29-11-10-24)30-16-5-3-4-15(12-16)28-2;8-7(9)6-4-2-1-3-5-6/h3-9,12-13,24H,10-11H2,1-2H3,(H,21,22,23);1-5H,(H2,8,9). The highest BCUT2D eigenvalue weighted by Gasteiger charge is 2.22. The highest BCUT2D eigenvalue weighted by Crippen LogP contribution is 2.37. The van der Waals surface area contributed by atoms with Gasteiger partial charge in [0.25, 0.3) is 15.9 Å². The molecule has 0 saturated carbocycles. The van der Waals surface area contributed by atoms with Gasteiger partial charge in [0.1, 0.15) is 30.2 Å². The first kappa shape index (κ1) is 29.7.